The van der Waals surface area contributed by atoms with Gasteiger partial charge in [-0.05, 0) is 88.9 Å². The summed E-state index contributed by atoms with van der Waals surface area (Å²) in [6.07, 6.45) is -9.62. The molecule has 1 unspecified atom stereocenters. The summed E-state index contributed by atoms with van der Waals surface area (Å²) < 4.78 is 66.9. The van der Waals surface area contributed by atoms with Crippen LogP contribution in [0.1, 0.15) is 53.1 Å². The number of benzene rings is 2. The molecule has 2 N–H and O–H groups in total. The first-order chi connectivity index (χ1) is 19.8. The molecule has 10 nitrogen and oxygen atoms in total. The van der Waals surface area contributed by atoms with E-state index in [0.717, 1.165) is 12.1 Å². The maximum Gasteiger partial charge on any atom is 0.461 e. The fourth-order valence-corrected chi connectivity index (χ4v) is 3.71. The lowest BCUT2D eigenvalue weighted by Gasteiger charge is -2.28. The SMILES string of the molecule is CC(C)(C)OC(=O)N(C(=O)OC(C)(C)C)c1nccc2cc(NC(C(=O)O)c3cccc(OC(F)(F)C(F)F)c3)ccc12. The minimum Gasteiger partial charge on any atom is -0.479 e. The molecule has 0 aliphatic carbocycles. The Balaban J connectivity index is 1.99. The van der Waals surface area contributed by atoms with Gasteiger partial charge in [-0.2, -0.15) is 22.5 Å². The summed E-state index contributed by atoms with van der Waals surface area (Å²) >= 11 is 0. The molecule has 0 aliphatic heterocycles. The van der Waals surface area contributed by atoms with Crippen LogP contribution in [0, 0.1) is 0 Å². The molecule has 0 saturated carbocycles. The largest absolute Gasteiger partial charge is 0.479 e. The number of rotatable bonds is 8. The highest BCUT2D eigenvalue weighted by Gasteiger charge is 2.44. The molecular weight excluding hydrogens is 578 g/mol. The van der Waals surface area contributed by atoms with Crippen LogP contribution in [0.2, 0.25) is 0 Å². The molecule has 0 aliphatic rings. The van der Waals surface area contributed by atoms with E-state index in [2.05, 4.69) is 15.0 Å². The first-order valence-corrected chi connectivity index (χ1v) is 12.9. The number of alkyl halides is 4. The zero-order valence-corrected chi connectivity index (χ0v) is 24.2. The Labute approximate surface area is 244 Å². The summed E-state index contributed by atoms with van der Waals surface area (Å²) in [4.78, 5) is 43.2. The first kappa shape index (κ1) is 32.9. The third kappa shape index (κ3) is 8.69. The Hall–Kier alpha value is -4.62. The Morgan fingerprint density at radius 1 is 0.907 bits per heavy atom. The number of halogens is 4. The van der Waals surface area contributed by atoms with Gasteiger partial charge in [-0.15, -0.1) is 0 Å². The van der Waals surface area contributed by atoms with Gasteiger partial charge in [-0.1, -0.05) is 12.1 Å². The monoisotopic (exact) mass is 609 g/mol. The highest BCUT2D eigenvalue weighted by molar-refractivity contribution is 6.14. The number of pyridine rings is 1. The molecule has 232 valence electrons. The summed E-state index contributed by atoms with van der Waals surface area (Å²) in [7, 11) is 0. The third-order valence-corrected chi connectivity index (χ3v) is 5.36. The lowest BCUT2D eigenvalue weighted by Crippen LogP contribution is -2.44. The van der Waals surface area contributed by atoms with Gasteiger partial charge < -0.3 is 24.6 Å². The molecule has 0 bridgehead atoms. The normalized spacial score (nSPS) is 12.9. The maximum absolute atomic E-state index is 13.4. The third-order valence-electron chi connectivity index (χ3n) is 5.36. The van der Waals surface area contributed by atoms with Gasteiger partial charge in [0.25, 0.3) is 0 Å². The van der Waals surface area contributed by atoms with Crippen molar-refractivity contribution in [2.45, 2.75) is 71.3 Å². The number of anilines is 2. The molecule has 1 aromatic heterocycles. The number of ether oxygens (including phenoxy) is 3. The van der Waals surface area contributed by atoms with Gasteiger partial charge >= 0.3 is 30.7 Å². The van der Waals surface area contributed by atoms with E-state index in [1.807, 2.05) is 0 Å². The number of carboxylic acids is 1. The fraction of sp³-hybridized carbons (Fsp3) is 0.379. The number of nitrogens with one attached hydrogen (secondary N) is 1. The fourth-order valence-electron chi connectivity index (χ4n) is 3.71. The van der Waals surface area contributed by atoms with Crippen LogP contribution in [-0.2, 0) is 14.3 Å². The summed E-state index contributed by atoms with van der Waals surface area (Å²) in [5.74, 6) is -2.17. The van der Waals surface area contributed by atoms with E-state index in [9.17, 15) is 37.1 Å². The van der Waals surface area contributed by atoms with Gasteiger partial charge in [0.15, 0.2) is 11.9 Å². The van der Waals surface area contributed by atoms with E-state index < -0.39 is 53.7 Å². The molecule has 1 heterocycles. The second kappa shape index (κ2) is 12.3. The highest BCUT2D eigenvalue weighted by Crippen LogP contribution is 2.33. The van der Waals surface area contributed by atoms with Crippen molar-refractivity contribution in [3.8, 4) is 5.75 Å². The lowest BCUT2D eigenvalue weighted by atomic mass is 10.1. The van der Waals surface area contributed by atoms with Crippen molar-refractivity contribution in [2.24, 2.45) is 0 Å². The molecule has 2 amide bonds. The summed E-state index contributed by atoms with van der Waals surface area (Å²) in [5.41, 5.74) is -1.74. The molecule has 0 spiro atoms. The van der Waals surface area contributed by atoms with Gasteiger partial charge in [0.05, 0.1) is 0 Å². The predicted molar refractivity (Wildman–Crippen MR) is 149 cm³/mol. The molecule has 0 radical (unpaired) electrons. The number of fused-ring (bicyclic) bond motifs is 1. The smallest absolute Gasteiger partial charge is 0.461 e. The first-order valence-electron chi connectivity index (χ1n) is 12.9. The van der Waals surface area contributed by atoms with Crippen LogP contribution >= 0.6 is 0 Å². The standard InChI is InChI=1S/C29H31F4N3O7/c1-27(2,3)42-25(39)36(26(40)43-28(4,5)6)22-20-11-10-18(14-16(20)12-13-34-22)35-21(23(37)38)17-8-7-9-19(15-17)41-29(32,33)24(30)31/h7-15,21,24,35H,1-6H3,(H,37,38). The average molecular weight is 610 g/mol. The molecule has 0 fully saturated rings. The quantitative estimate of drug-likeness (QED) is 0.251. The van der Waals surface area contributed by atoms with Crippen molar-refractivity contribution < 1.29 is 51.3 Å². The van der Waals surface area contributed by atoms with Crippen LogP contribution < -0.4 is 15.0 Å². The highest BCUT2D eigenvalue weighted by atomic mass is 19.3. The van der Waals surface area contributed by atoms with Gasteiger partial charge in [0.1, 0.15) is 17.0 Å². The number of amides is 2. The van der Waals surface area contributed by atoms with E-state index >= 15 is 0 Å². The zero-order valence-electron chi connectivity index (χ0n) is 24.2. The van der Waals surface area contributed by atoms with Gasteiger partial charge in [-0.3, -0.25) is 0 Å². The van der Waals surface area contributed by atoms with Crippen molar-refractivity contribution in [1.29, 1.82) is 0 Å². The Bertz CT molecular complexity index is 1480. The number of imide groups is 1. The number of hydrogen-bond donors (Lipinski definition) is 2. The number of carbonyl (C=O) groups is 3. The lowest BCUT2D eigenvalue weighted by molar-refractivity contribution is -0.253. The zero-order chi connectivity index (χ0) is 32.3. The van der Waals surface area contributed by atoms with Gasteiger partial charge in [0.2, 0.25) is 0 Å². The molecule has 43 heavy (non-hydrogen) atoms. The van der Waals surface area contributed by atoms with Crippen molar-refractivity contribution in [1.82, 2.24) is 4.98 Å². The summed E-state index contributed by atoms with van der Waals surface area (Å²) in [5, 5.41) is 13.3. The molecular formula is C29H31F4N3O7. The van der Waals surface area contributed by atoms with E-state index in [-0.39, 0.29) is 17.1 Å². The molecule has 3 rings (SSSR count). The van der Waals surface area contributed by atoms with Crippen molar-refractivity contribution in [3.05, 3.63) is 60.3 Å². The van der Waals surface area contributed by atoms with Crippen LogP contribution in [0.15, 0.2) is 54.7 Å². The van der Waals surface area contributed by atoms with Crippen molar-refractivity contribution in [2.75, 3.05) is 10.2 Å². The molecule has 1 atom stereocenters. The van der Waals surface area contributed by atoms with Gasteiger partial charge in [-0.25, -0.2) is 19.4 Å². The van der Waals surface area contributed by atoms with Crippen molar-refractivity contribution >= 4 is 40.4 Å². The number of carbonyl (C=O) groups excluding carboxylic acids is 2. The van der Waals surface area contributed by atoms with E-state index in [0.29, 0.717) is 15.7 Å². The second-order valence-corrected chi connectivity index (χ2v) is 11.3. The van der Waals surface area contributed by atoms with Crippen LogP contribution in [0.25, 0.3) is 10.8 Å². The molecule has 14 heteroatoms. The van der Waals surface area contributed by atoms with Crippen LogP contribution in [0.4, 0.5) is 38.7 Å². The maximum atomic E-state index is 13.4. The molecule has 3 aromatic rings. The van der Waals surface area contributed by atoms with Crippen LogP contribution in [0.5, 0.6) is 5.75 Å². The summed E-state index contributed by atoms with van der Waals surface area (Å²) in [6.45, 7) is 9.74. The topological polar surface area (TPSA) is 127 Å². The Morgan fingerprint density at radius 2 is 1.51 bits per heavy atom. The van der Waals surface area contributed by atoms with E-state index in [1.165, 1.54) is 36.5 Å². The van der Waals surface area contributed by atoms with Crippen LogP contribution in [0.3, 0.4) is 0 Å². The predicted octanol–water partition coefficient (Wildman–Crippen LogP) is 7.39. The number of nitrogens with zero attached hydrogens (tertiary/aromatic N) is 2. The second-order valence-electron chi connectivity index (χ2n) is 11.3. The number of aromatic nitrogens is 1. The minimum absolute atomic E-state index is 0.0633. The Morgan fingerprint density at radius 3 is 2.05 bits per heavy atom. The van der Waals surface area contributed by atoms with E-state index in [4.69, 9.17) is 9.47 Å². The molecule has 0 saturated heterocycles. The summed E-state index contributed by atoms with van der Waals surface area (Å²) in [6, 6.07) is 8.83. The van der Waals surface area contributed by atoms with Crippen LogP contribution in [-0.4, -0.2) is 52.0 Å². The average Bonchev–Trinajstić information content (AvgIpc) is 2.85. The number of hydrogen-bond acceptors (Lipinski definition) is 8. The molecule has 2 aromatic carbocycles. The van der Waals surface area contributed by atoms with Crippen molar-refractivity contribution in [3.63, 3.8) is 0 Å². The number of aliphatic carboxylic acids is 1. The number of carboxylic acid groups (broad SMARTS) is 1. The van der Waals surface area contributed by atoms with Gasteiger partial charge in [0, 0.05) is 17.3 Å². The Kier molecular flexibility index (Phi) is 9.42. The van der Waals surface area contributed by atoms with E-state index in [1.54, 1.807) is 47.6 Å². The minimum atomic E-state index is -4.78.